The number of ether oxygens (including phenoxy) is 2. The van der Waals surface area contributed by atoms with Gasteiger partial charge in [0.05, 0.1) is 17.9 Å². The van der Waals surface area contributed by atoms with Gasteiger partial charge in [-0.1, -0.05) is 6.07 Å². The van der Waals surface area contributed by atoms with Crippen molar-refractivity contribution in [2.24, 2.45) is 0 Å². The molecule has 9 nitrogen and oxygen atoms in total. The molecule has 2 atom stereocenters. The van der Waals surface area contributed by atoms with Gasteiger partial charge in [0, 0.05) is 13.5 Å². The highest BCUT2D eigenvalue weighted by Crippen LogP contribution is 2.28. The maximum absolute atomic E-state index is 12.8. The lowest BCUT2D eigenvalue weighted by Crippen LogP contribution is -2.50. The maximum atomic E-state index is 12.8. The normalized spacial score (nSPS) is 20.7. The van der Waals surface area contributed by atoms with E-state index in [-0.39, 0.29) is 24.3 Å². The van der Waals surface area contributed by atoms with Crippen molar-refractivity contribution >= 4 is 29.9 Å². The van der Waals surface area contributed by atoms with Gasteiger partial charge in [-0.05, 0) is 25.5 Å². The first-order valence-corrected chi connectivity index (χ1v) is 8.02. The number of hydrogen-bond donors (Lipinski definition) is 2. The predicted octanol–water partition coefficient (Wildman–Crippen LogP) is 0.670. The van der Waals surface area contributed by atoms with Crippen molar-refractivity contribution in [3.8, 4) is 5.75 Å². The lowest BCUT2D eigenvalue weighted by Gasteiger charge is -2.30. The number of carbonyl (C=O) groups is 4. The van der Waals surface area contributed by atoms with Crippen LogP contribution >= 0.6 is 0 Å². The fourth-order valence-corrected chi connectivity index (χ4v) is 2.68. The Hall–Kier alpha value is -3.10. The smallest absolute Gasteiger partial charge is 0.332 e. The summed E-state index contributed by atoms with van der Waals surface area (Å²) in [5.74, 6) is -2.31. The summed E-state index contributed by atoms with van der Waals surface area (Å²) in [7, 11) is 1.34. The van der Waals surface area contributed by atoms with Crippen molar-refractivity contribution in [3.05, 3.63) is 23.8 Å². The van der Waals surface area contributed by atoms with E-state index in [0.29, 0.717) is 12.8 Å². The van der Waals surface area contributed by atoms with Gasteiger partial charge in [-0.2, -0.15) is 0 Å². The Morgan fingerprint density at radius 2 is 2.12 bits per heavy atom. The molecule has 0 spiro atoms. The number of hydrogen-bond acceptors (Lipinski definition) is 7. The Kier molecular flexibility index (Phi) is 6.16. The summed E-state index contributed by atoms with van der Waals surface area (Å²) in [6.45, 7) is 1.53. The second kappa shape index (κ2) is 8.32. The molecule has 1 heterocycles. The number of cyclic esters (lactones) is 2. The number of nitrogens with zero attached hydrogens (tertiary/aromatic N) is 1. The molecule has 9 heteroatoms. The molecule has 1 fully saturated rings. The third-order valence-corrected chi connectivity index (χ3v) is 3.99. The van der Waals surface area contributed by atoms with Crippen LogP contribution in [0.25, 0.3) is 0 Å². The average Bonchev–Trinajstić information content (AvgIpc) is 2.65. The number of carbonyl (C=O) groups excluding carboxylic acids is 4. The first kappa shape index (κ1) is 19.2. The minimum absolute atomic E-state index is 0.0448. The molecule has 0 bridgehead atoms. The number of benzene rings is 1. The number of likely N-dealkylation sites (N-methyl/N-ethyl adjacent to an activating group) is 1. The van der Waals surface area contributed by atoms with Crippen molar-refractivity contribution in [2.75, 3.05) is 19.0 Å². The summed E-state index contributed by atoms with van der Waals surface area (Å²) in [4.78, 5) is 48.5. The number of para-hydroxylation sites is 1. The number of nitrogens with one attached hydrogen (secondary N) is 1. The molecule has 2 amide bonds. The van der Waals surface area contributed by atoms with Crippen LogP contribution in [0.3, 0.4) is 0 Å². The minimum atomic E-state index is -1.17. The molecular weight excluding hydrogens is 344 g/mol. The Bertz CT molecular complexity index is 719. The van der Waals surface area contributed by atoms with Crippen LogP contribution in [0.4, 0.5) is 5.69 Å². The zero-order valence-corrected chi connectivity index (χ0v) is 14.4. The molecular formula is C17H20N2O7. The Balaban J connectivity index is 2.32. The summed E-state index contributed by atoms with van der Waals surface area (Å²) >= 11 is 0. The van der Waals surface area contributed by atoms with Gasteiger partial charge >= 0.3 is 11.9 Å². The Labute approximate surface area is 149 Å². The molecule has 0 aliphatic carbocycles. The molecule has 0 unspecified atom stereocenters. The summed E-state index contributed by atoms with van der Waals surface area (Å²) < 4.78 is 10.3. The number of rotatable bonds is 4. The van der Waals surface area contributed by atoms with Gasteiger partial charge in [0.2, 0.25) is 6.41 Å². The molecule has 0 aromatic heterocycles. The van der Waals surface area contributed by atoms with Crippen LogP contribution in [0.5, 0.6) is 5.75 Å². The number of anilines is 1. The topological polar surface area (TPSA) is 122 Å². The fraction of sp³-hybridized carbons (Fsp3) is 0.412. The summed E-state index contributed by atoms with van der Waals surface area (Å²) in [6.07, 6.45) is -0.116. The van der Waals surface area contributed by atoms with Crippen LogP contribution in [0.15, 0.2) is 18.2 Å². The highest BCUT2D eigenvalue weighted by atomic mass is 16.6. The fourth-order valence-electron chi connectivity index (χ4n) is 2.68. The largest absolute Gasteiger partial charge is 0.505 e. The molecule has 26 heavy (non-hydrogen) atoms. The van der Waals surface area contributed by atoms with Gasteiger partial charge in [-0.25, -0.2) is 4.79 Å². The SMILES string of the molecule is C[C@@H]1OC(=O)CCCOC(=O)[C@@H]1N(C)C(=O)c1cccc(NC=O)c1O. The van der Waals surface area contributed by atoms with E-state index in [1.165, 1.54) is 32.2 Å². The maximum Gasteiger partial charge on any atom is 0.332 e. The number of phenolic OH excluding ortho intramolecular Hbond substituents is 1. The molecule has 1 aliphatic rings. The van der Waals surface area contributed by atoms with E-state index >= 15 is 0 Å². The summed E-state index contributed by atoms with van der Waals surface area (Å²) in [5, 5.41) is 12.5. The first-order valence-electron chi connectivity index (χ1n) is 8.02. The van der Waals surface area contributed by atoms with E-state index in [4.69, 9.17) is 9.47 Å². The van der Waals surface area contributed by atoms with Crippen molar-refractivity contribution < 1.29 is 33.8 Å². The summed E-state index contributed by atoms with van der Waals surface area (Å²) in [5.41, 5.74) is -0.0682. The van der Waals surface area contributed by atoms with Gasteiger partial charge in [0.15, 0.2) is 11.8 Å². The van der Waals surface area contributed by atoms with E-state index in [1.807, 2.05) is 0 Å². The molecule has 2 rings (SSSR count). The zero-order chi connectivity index (χ0) is 19.3. The van der Waals surface area contributed by atoms with Crippen molar-refractivity contribution in [1.29, 1.82) is 0 Å². The molecule has 2 N–H and O–H groups in total. The van der Waals surface area contributed by atoms with Gasteiger partial charge in [0.1, 0.15) is 6.10 Å². The number of amides is 2. The van der Waals surface area contributed by atoms with E-state index in [9.17, 15) is 24.3 Å². The average molecular weight is 364 g/mol. The molecule has 1 saturated heterocycles. The highest BCUT2D eigenvalue weighted by molar-refractivity contribution is 6.01. The lowest BCUT2D eigenvalue weighted by atomic mass is 10.1. The van der Waals surface area contributed by atoms with Gasteiger partial charge in [-0.15, -0.1) is 0 Å². The van der Waals surface area contributed by atoms with Crippen molar-refractivity contribution in [3.63, 3.8) is 0 Å². The lowest BCUT2D eigenvalue weighted by molar-refractivity contribution is -0.158. The second-order valence-electron chi connectivity index (χ2n) is 5.79. The molecule has 0 radical (unpaired) electrons. The van der Waals surface area contributed by atoms with Crippen LogP contribution in [0, 0.1) is 0 Å². The number of phenols is 1. The van der Waals surface area contributed by atoms with Crippen LogP contribution in [0.1, 0.15) is 30.1 Å². The van der Waals surface area contributed by atoms with Crippen LogP contribution in [0.2, 0.25) is 0 Å². The Morgan fingerprint density at radius 3 is 2.81 bits per heavy atom. The second-order valence-corrected chi connectivity index (χ2v) is 5.79. The Morgan fingerprint density at radius 1 is 1.38 bits per heavy atom. The molecule has 1 aromatic carbocycles. The molecule has 0 saturated carbocycles. The molecule has 140 valence electrons. The quantitative estimate of drug-likeness (QED) is 0.457. The van der Waals surface area contributed by atoms with Crippen molar-refractivity contribution in [1.82, 2.24) is 4.90 Å². The number of aromatic hydroxyl groups is 1. The molecule has 1 aliphatic heterocycles. The highest BCUT2D eigenvalue weighted by Gasteiger charge is 2.37. The van der Waals surface area contributed by atoms with Crippen LogP contribution in [-0.4, -0.2) is 60.1 Å². The molecule has 1 aromatic rings. The van der Waals surface area contributed by atoms with Gasteiger partial charge < -0.3 is 24.8 Å². The monoisotopic (exact) mass is 364 g/mol. The van der Waals surface area contributed by atoms with Crippen LogP contribution < -0.4 is 5.32 Å². The van der Waals surface area contributed by atoms with Gasteiger partial charge in [-0.3, -0.25) is 14.4 Å². The van der Waals surface area contributed by atoms with Crippen molar-refractivity contribution in [2.45, 2.75) is 31.9 Å². The predicted molar refractivity (Wildman–Crippen MR) is 89.4 cm³/mol. The van der Waals surface area contributed by atoms with E-state index in [0.717, 1.165) is 4.90 Å². The van der Waals surface area contributed by atoms with Crippen LogP contribution in [-0.2, 0) is 23.9 Å². The zero-order valence-electron chi connectivity index (χ0n) is 14.4. The minimum Gasteiger partial charge on any atom is -0.505 e. The standard InChI is InChI=1S/C17H20N2O7/c1-10-14(17(24)25-8-4-7-13(21)26-10)19(2)16(23)11-5-3-6-12(15(11)22)18-9-20/h3,5-6,9-10,14,22H,4,7-8H2,1-2H3,(H,18,20)/t10-,14+/m0/s1. The van der Waals surface area contributed by atoms with E-state index in [1.54, 1.807) is 0 Å². The van der Waals surface area contributed by atoms with E-state index < -0.39 is 35.7 Å². The third-order valence-electron chi connectivity index (χ3n) is 3.99. The van der Waals surface area contributed by atoms with E-state index in [2.05, 4.69) is 5.32 Å². The first-order chi connectivity index (χ1) is 12.4. The summed E-state index contributed by atoms with van der Waals surface area (Å²) in [6, 6.07) is 3.06. The number of esters is 2. The third kappa shape index (κ3) is 4.11. The van der Waals surface area contributed by atoms with Gasteiger partial charge in [0.25, 0.3) is 5.91 Å².